The molecule has 2 aliphatic rings. The van der Waals surface area contributed by atoms with Crippen LogP contribution in [0.5, 0.6) is 0 Å². The standard InChI is InChI=1S/C19H36O2Si/c1-14(2)22(15(3)4,16(5)6)21-11-9-17-12-19(17)10-7-8-18(20)13-19/h14-17H,7-13H2,1-6H3. The number of hydrogen-bond acceptors (Lipinski definition) is 2. The van der Waals surface area contributed by atoms with Crippen LogP contribution in [0.3, 0.4) is 0 Å². The topological polar surface area (TPSA) is 26.3 Å². The summed E-state index contributed by atoms with van der Waals surface area (Å²) in [6.07, 6.45) is 6.55. The number of carbonyl (C=O) groups excluding carboxylic acids is 1. The van der Waals surface area contributed by atoms with Crippen molar-refractivity contribution in [2.45, 2.75) is 96.7 Å². The normalized spacial score (nSPS) is 29.1. The van der Waals surface area contributed by atoms with Gasteiger partial charge < -0.3 is 4.43 Å². The first-order chi connectivity index (χ1) is 10.2. The van der Waals surface area contributed by atoms with Crippen LogP contribution in [0.15, 0.2) is 0 Å². The second kappa shape index (κ2) is 6.76. The Morgan fingerprint density at radius 1 is 1.14 bits per heavy atom. The van der Waals surface area contributed by atoms with E-state index in [-0.39, 0.29) is 0 Å². The van der Waals surface area contributed by atoms with E-state index in [0.717, 1.165) is 31.8 Å². The molecular weight excluding hydrogens is 288 g/mol. The lowest BCUT2D eigenvalue weighted by Crippen LogP contribution is -2.48. The summed E-state index contributed by atoms with van der Waals surface area (Å²) < 4.78 is 6.68. The molecule has 2 rings (SSSR count). The number of ketones is 1. The molecule has 0 aromatic heterocycles. The first-order valence-electron chi connectivity index (χ1n) is 9.40. The third kappa shape index (κ3) is 3.35. The molecule has 128 valence electrons. The average molecular weight is 325 g/mol. The number of Topliss-reactive ketones (excluding diaryl/α,β-unsaturated/α-hetero) is 1. The Hall–Kier alpha value is -0.153. The van der Waals surface area contributed by atoms with Crippen LogP contribution in [0, 0.1) is 11.3 Å². The highest BCUT2D eigenvalue weighted by Gasteiger charge is 2.55. The van der Waals surface area contributed by atoms with E-state index in [1.54, 1.807) is 0 Å². The Bertz CT molecular complexity index is 380. The van der Waals surface area contributed by atoms with Crippen LogP contribution in [-0.4, -0.2) is 20.7 Å². The van der Waals surface area contributed by atoms with Crippen LogP contribution in [0.25, 0.3) is 0 Å². The molecule has 0 heterocycles. The van der Waals surface area contributed by atoms with Crippen LogP contribution in [0.1, 0.15) is 80.1 Å². The Balaban J connectivity index is 1.88. The Labute approximate surface area is 138 Å². The molecule has 0 saturated heterocycles. The second-order valence-electron chi connectivity index (χ2n) is 8.79. The second-order valence-corrected chi connectivity index (χ2v) is 14.2. The maximum atomic E-state index is 11.7. The number of hydrogen-bond donors (Lipinski definition) is 0. The Morgan fingerprint density at radius 3 is 2.23 bits per heavy atom. The van der Waals surface area contributed by atoms with Gasteiger partial charge in [-0.25, -0.2) is 0 Å². The van der Waals surface area contributed by atoms with E-state index < -0.39 is 8.32 Å². The largest absolute Gasteiger partial charge is 0.416 e. The van der Waals surface area contributed by atoms with Crippen LogP contribution in [0.4, 0.5) is 0 Å². The van der Waals surface area contributed by atoms with E-state index >= 15 is 0 Å². The molecule has 0 radical (unpaired) electrons. The van der Waals surface area contributed by atoms with Gasteiger partial charge in [0.1, 0.15) is 5.78 Å². The quantitative estimate of drug-likeness (QED) is 0.560. The predicted molar refractivity (Wildman–Crippen MR) is 95.6 cm³/mol. The molecule has 2 saturated carbocycles. The van der Waals surface area contributed by atoms with Crippen molar-refractivity contribution in [2.24, 2.45) is 11.3 Å². The summed E-state index contributed by atoms with van der Waals surface area (Å²) in [7, 11) is -1.71. The Morgan fingerprint density at radius 2 is 1.73 bits per heavy atom. The van der Waals surface area contributed by atoms with Crippen LogP contribution >= 0.6 is 0 Å². The van der Waals surface area contributed by atoms with Crippen LogP contribution < -0.4 is 0 Å². The van der Waals surface area contributed by atoms with Crippen molar-refractivity contribution < 1.29 is 9.22 Å². The lowest BCUT2D eigenvalue weighted by molar-refractivity contribution is -0.122. The fourth-order valence-corrected chi connectivity index (χ4v) is 10.9. The van der Waals surface area contributed by atoms with E-state index in [9.17, 15) is 4.79 Å². The van der Waals surface area contributed by atoms with Crippen molar-refractivity contribution in [1.29, 1.82) is 0 Å². The zero-order chi connectivity index (χ0) is 16.5. The molecule has 22 heavy (non-hydrogen) atoms. The van der Waals surface area contributed by atoms with Gasteiger partial charge in [0, 0.05) is 19.4 Å². The summed E-state index contributed by atoms with van der Waals surface area (Å²) in [5.74, 6) is 1.26. The molecule has 2 aliphatic carbocycles. The van der Waals surface area contributed by atoms with Gasteiger partial charge in [-0.05, 0) is 53.6 Å². The van der Waals surface area contributed by atoms with Crippen molar-refractivity contribution >= 4 is 14.1 Å². The Kier molecular flexibility index (Phi) is 5.59. The van der Waals surface area contributed by atoms with Gasteiger partial charge in [0.05, 0.1) is 0 Å². The van der Waals surface area contributed by atoms with Gasteiger partial charge in [0.15, 0.2) is 8.32 Å². The summed E-state index contributed by atoms with van der Waals surface area (Å²) in [6.45, 7) is 15.0. The summed E-state index contributed by atoms with van der Waals surface area (Å²) >= 11 is 0. The first kappa shape index (κ1) is 18.2. The zero-order valence-electron chi connectivity index (χ0n) is 15.6. The minimum atomic E-state index is -1.71. The minimum Gasteiger partial charge on any atom is -0.416 e. The molecule has 2 unspecified atom stereocenters. The molecule has 2 fully saturated rings. The zero-order valence-corrected chi connectivity index (χ0v) is 16.6. The van der Waals surface area contributed by atoms with Gasteiger partial charge in [0.2, 0.25) is 0 Å². The maximum absolute atomic E-state index is 11.7. The molecule has 0 amide bonds. The molecule has 0 N–H and O–H groups in total. The molecule has 3 heteroatoms. The maximum Gasteiger partial charge on any atom is 0.200 e. The smallest absolute Gasteiger partial charge is 0.200 e. The van der Waals surface area contributed by atoms with Crippen molar-refractivity contribution in [1.82, 2.24) is 0 Å². The van der Waals surface area contributed by atoms with Crippen LogP contribution in [-0.2, 0) is 9.22 Å². The predicted octanol–water partition coefficient (Wildman–Crippen LogP) is 5.72. The first-order valence-corrected chi connectivity index (χ1v) is 11.5. The SMILES string of the molecule is CC(C)[Si](OCCC1CC12CCCC(=O)C2)(C(C)C)C(C)C. The highest BCUT2D eigenvalue weighted by molar-refractivity contribution is 6.77. The van der Waals surface area contributed by atoms with Gasteiger partial charge >= 0.3 is 0 Å². The monoisotopic (exact) mass is 324 g/mol. The van der Waals surface area contributed by atoms with Crippen molar-refractivity contribution in [3.63, 3.8) is 0 Å². The fourth-order valence-electron chi connectivity index (χ4n) is 5.45. The van der Waals surface area contributed by atoms with Crippen LogP contribution in [0.2, 0.25) is 16.6 Å². The van der Waals surface area contributed by atoms with Gasteiger partial charge in [-0.2, -0.15) is 0 Å². The van der Waals surface area contributed by atoms with E-state index in [2.05, 4.69) is 41.5 Å². The molecule has 0 aliphatic heterocycles. The van der Waals surface area contributed by atoms with Gasteiger partial charge in [-0.3, -0.25) is 4.79 Å². The molecule has 2 atom stereocenters. The van der Waals surface area contributed by atoms with Crippen molar-refractivity contribution in [3.8, 4) is 0 Å². The lowest BCUT2D eigenvalue weighted by Gasteiger charge is -2.42. The van der Waals surface area contributed by atoms with Gasteiger partial charge in [0.25, 0.3) is 0 Å². The lowest BCUT2D eigenvalue weighted by atomic mass is 9.83. The number of carbonyl (C=O) groups is 1. The van der Waals surface area contributed by atoms with Gasteiger partial charge in [-0.15, -0.1) is 0 Å². The third-order valence-electron chi connectivity index (χ3n) is 6.56. The number of rotatable bonds is 7. The summed E-state index contributed by atoms with van der Waals surface area (Å²) in [5, 5.41) is 0. The molecular formula is C19H36O2Si. The van der Waals surface area contributed by atoms with Crippen molar-refractivity contribution in [3.05, 3.63) is 0 Å². The molecule has 0 aromatic carbocycles. The van der Waals surface area contributed by atoms with E-state index in [1.165, 1.54) is 19.3 Å². The molecule has 1 spiro atoms. The fraction of sp³-hybridized carbons (Fsp3) is 0.947. The minimum absolute atomic E-state index is 0.399. The summed E-state index contributed by atoms with van der Waals surface area (Å²) in [5.41, 5.74) is 2.39. The van der Waals surface area contributed by atoms with Crippen molar-refractivity contribution in [2.75, 3.05) is 6.61 Å². The van der Waals surface area contributed by atoms with E-state index in [4.69, 9.17) is 4.43 Å². The molecule has 0 aromatic rings. The molecule has 0 bridgehead atoms. The van der Waals surface area contributed by atoms with E-state index in [0.29, 0.717) is 27.8 Å². The molecule has 2 nitrogen and oxygen atoms in total. The summed E-state index contributed by atoms with van der Waals surface area (Å²) in [4.78, 5) is 11.7. The van der Waals surface area contributed by atoms with Gasteiger partial charge in [-0.1, -0.05) is 41.5 Å². The summed E-state index contributed by atoms with van der Waals surface area (Å²) in [6, 6.07) is 0. The third-order valence-corrected chi connectivity index (χ3v) is 12.7. The highest BCUT2D eigenvalue weighted by Crippen LogP contribution is 2.62. The average Bonchev–Trinajstić information content (AvgIpc) is 3.04. The van der Waals surface area contributed by atoms with E-state index in [1.807, 2.05) is 0 Å². The highest BCUT2D eigenvalue weighted by atomic mass is 28.4.